The maximum absolute atomic E-state index is 11.6. The van der Waals surface area contributed by atoms with Crippen molar-refractivity contribution in [2.75, 3.05) is 19.6 Å². The van der Waals surface area contributed by atoms with Crippen molar-refractivity contribution in [1.29, 1.82) is 0 Å². The first-order valence-corrected chi connectivity index (χ1v) is 6.11. The molecule has 0 saturated carbocycles. The van der Waals surface area contributed by atoms with Gasteiger partial charge in [-0.15, -0.1) is 23.7 Å². The first kappa shape index (κ1) is 13.6. The van der Waals surface area contributed by atoms with Crippen LogP contribution in [0.15, 0.2) is 11.6 Å². The topological polar surface area (TPSA) is 54.0 Å². The lowest BCUT2D eigenvalue weighted by Crippen LogP contribution is -2.44. The minimum atomic E-state index is 0. The van der Waals surface area contributed by atoms with E-state index in [4.69, 9.17) is 0 Å². The van der Waals surface area contributed by atoms with E-state index in [-0.39, 0.29) is 18.2 Å². The number of hydrogen-bond acceptors (Lipinski definition) is 5. The molecule has 1 aliphatic heterocycles. The number of carbonyl (C=O) groups is 1. The van der Waals surface area contributed by atoms with Gasteiger partial charge in [0, 0.05) is 24.2 Å². The molecule has 0 amide bonds. The smallest absolute Gasteiger partial charge is 0.205 e. The molecule has 1 fully saturated rings. The lowest BCUT2D eigenvalue weighted by atomic mass is 10.1. The normalized spacial score (nSPS) is 20.1. The number of ketones is 1. The largest absolute Gasteiger partial charge is 0.315 e. The molecular weight excluding hydrogens is 246 g/mol. The molecule has 1 saturated heterocycles. The molecule has 0 aliphatic carbocycles. The lowest BCUT2D eigenvalue weighted by Gasteiger charge is -2.23. The summed E-state index contributed by atoms with van der Waals surface area (Å²) in [5.41, 5.74) is 0. The van der Waals surface area contributed by atoms with Crippen LogP contribution < -0.4 is 10.6 Å². The second kappa shape index (κ2) is 6.96. The van der Waals surface area contributed by atoms with Crippen LogP contribution in [0.4, 0.5) is 0 Å². The molecular formula is C10H16ClN3OS. The predicted molar refractivity (Wildman–Crippen MR) is 67.6 cm³/mol. The van der Waals surface area contributed by atoms with Crippen molar-refractivity contribution in [2.45, 2.75) is 18.9 Å². The van der Waals surface area contributed by atoms with Gasteiger partial charge in [-0.2, -0.15) is 0 Å². The molecule has 1 aromatic rings. The number of aromatic nitrogens is 1. The molecule has 2 rings (SSSR count). The van der Waals surface area contributed by atoms with Gasteiger partial charge in [-0.1, -0.05) is 0 Å². The van der Waals surface area contributed by atoms with Crippen LogP contribution in [0.2, 0.25) is 0 Å². The molecule has 2 heterocycles. The molecule has 16 heavy (non-hydrogen) atoms. The van der Waals surface area contributed by atoms with E-state index in [1.807, 2.05) is 5.38 Å². The number of thiazole rings is 1. The molecule has 4 nitrogen and oxygen atoms in total. The second-order valence-electron chi connectivity index (χ2n) is 3.68. The van der Waals surface area contributed by atoms with E-state index in [0.29, 0.717) is 17.6 Å². The SMILES string of the molecule is Cl.O=C(CN[C@H]1CCCNC1)c1nccs1. The van der Waals surface area contributed by atoms with Crippen molar-refractivity contribution in [3.63, 3.8) is 0 Å². The standard InChI is InChI=1S/C10H15N3OS.ClH/c14-9(10-12-4-5-15-10)7-13-8-2-1-3-11-6-8;/h4-5,8,11,13H,1-3,6-7H2;1H/t8-;/m0./s1. The minimum Gasteiger partial charge on any atom is -0.315 e. The van der Waals surface area contributed by atoms with Gasteiger partial charge >= 0.3 is 0 Å². The predicted octanol–water partition coefficient (Wildman–Crippen LogP) is 1.09. The van der Waals surface area contributed by atoms with E-state index in [9.17, 15) is 4.79 Å². The zero-order chi connectivity index (χ0) is 10.5. The minimum absolute atomic E-state index is 0. The zero-order valence-electron chi connectivity index (χ0n) is 8.94. The molecule has 90 valence electrons. The highest BCUT2D eigenvalue weighted by molar-refractivity contribution is 7.11. The first-order valence-electron chi connectivity index (χ1n) is 5.23. The van der Waals surface area contributed by atoms with Crippen LogP contribution in [0.5, 0.6) is 0 Å². The van der Waals surface area contributed by atoms with E-state index in [0.717, 1.165) is 19.5 Å². The van der Waals surface area contributed by atoms with Gasteiger partial charge in [0.25, 0.3) is 0 Å². The van der Waals surface area contributed by atoms with Crippen molar-refractivity contribution in [1.82, 2.24) is 15.6 Å². The van der Waals surface area contributed by atoms with Gasteiger partial charge in [-0.25, -0.2) is 4.98 Å². The van der Waals surface area contributed by atoms with Crippen molar-refractivity contribution >= 4 is 29.5 Å². The molecule has 0 radical (unpaired) electrons. The van der Waals surface area contributed by atoms with Gasteiger partial charge in [-0.05, 0) is 19.4 Å². The van der Waals surface area contributed by atoms with E-state index < -0.39 is 0 Å². The van der Waals surface area contributed by atoms with Crippen molar-refractivity contribution in [3.8, 4) is 0 Å². The van der Waals surface area contributed by atoms with Crippen LogP contribution in [0, 0.1) is 0 Å². The van der Waals surface area contributed by atoms with Crippen LogP contribution in [-0.2, 0) is 0 Å². The Morgan fingerprint density at radius 2 is 2.56 bits per heavy atom. The van der Waals surface area contributed by atoms with Crippen molar-refractivity contribution in [3.05, 3.63) is 16.6 Å². The highest BCUT2D eigenvalue weighted by Crippen LogP contribution is 2.05. The first-order chi connectivity index (χ1) is 7.36. The van der Waals surface area contributed by atoms with Gasteiger partial charge in [0.1, 0.15) is 0 Å². The lowest BCUT2D eigenvalue weighted by molar-refractivity contribution is 0.0985. The van der Waals surface area contributed by atoms with E-state index in [1.54, 1.807) is 6.20 Å². The number of Topliss-reactive ketones (excluding diaryl/α,β-unsaturated/α-hetero) is 1. The average Bonchev–Trinajstić information content (AvgIpc) is 2.81. The summed E-state index contributed by atoms with van der Waals surface area (Å²) in [7, 11) is 0. The van der Waals surface area contributed by atoms with Gasteiger partial charge in [-0.3, -0.25) is 4.79 Å². The van der Waals surface area contributed by atoms with Gasteiger partial charge in [0.05, 0.1) is 6.54 Å². The number of carbonyl (C=O) groups excluding carboxylic acids is 1. The fourth-order valence-corrected chi connectivity index (χ4v) is 2.28. The third-order valence-electron chi connectivity index (χ3n) is 2.52. The molecule has 1 aromatic heterocycles. The average molecular weight is 262 g/mol. The number of piperidine rings is 1. The molecule has 1 atom stereocenters. The van der Waals surface area contributed by atoms with Crippen LogP contribution in [-0.4, -0.2) is 36.4 Å². The summed E-state index contributed by atoms with van der Waals surface area (Å²) in [4.78, 5) is 15.6. The van der Waals surface area contributed by atoms with E-state index in [1.165, 1.54) is 17.8 Å². The molecule has 0 spiro atoms. The summed E-state index contributed by atoms with van der Waals surface area (Å²) in [5.74, 6) is 0.0931. The zero-order valence-corrected chi connectivity index (χ0v) is 10.6. The van der Waals surface area contributed by atoms with Crippen LogP contribution in [0.25, 0.3) is 0 Å². The van der Waals surface area contributed by atoms with E-state index >= 15 is 0 Å². The molecule has 0 bridgehead atoms. The van der Waals surface area contributed by atoms with Crippen LogP contribution in [0.3, 0.4) is 0 Å². The van der Waals surface area contributed by atoms with Crippen LogP contribution >= 0.6 is 23.7 Å². The summed E-state index contributed by atoms with van der Waals surface area (Å²) in [5, 5.41) is 9.00. The molecule has 0 aromatic carbocycles. The highest BCUT2D eigenvalue weighted by atomic mass is 35.5. The van der Waals surface area contributed by atoms with Gasteiger partial charge in [0.2, 0.25) is 5.78 Å². The Kier molecular flexibility index (Phi) is 5.90. The molecule has 6 heteroatoms. The number of hydrogen-bond donors (Lipinski definition) is 2. The Hall–Kier alpha value is -0.490. The highest BCUT2D eigenvalue weighted by Gasteiger charge is 2.14. The number of nitrogens with one attached hydrogen (secondary N) is 2. The third-order valence-corrected chi connectivity index (χ3v) is 3.33. The summed E-state index contributed by atoms with van der Waals surface area (Å²) in [6.07, 6.45) is 4.00. The van der Waals surface area contributed by atoms with Gasteiger partial charge in [0.15, 0.2) is 5.01 Å². The Morgan fingerprint density at radius 1 is 1.69 bits per heavy atom. The summed E-state index contributed by atoms with van der Waals surface area (Å²) < 4.78 is 0. The molecule has 2 N–H and O–H groups in total. The summed E-state index contributed by atoms with van der Waals surface area (Å²) in [6.45, 7) is 2.46. The number of halogens is 1. The fourth-order valence-electron chi connectivity index (χ4n) is 1.70. The second-order valence-corrected chi connectivity index (χ2v) is 4.58. The monoisotopic (exact) mass is 261 g/mol. The summed E-state index contributed by atoms with van der Waals surface area (Å²) in [6, 6.07) is 0.433. The number of rotatable bonds is 4. The quantitative estimate of drug-likeness (QED) is 0.797. The van der Waals surface area contributed by atoms with E-state index in [2.05, 4.69) is 15.6 Å². The fraction of sp³-hybridized carbons (Fsp3) is 0.600. The molecule has 1 aliphatic rings. The Morgan fingerprint density at radius 3 is 3.19 bits per heavy atom. The third kappa shape index (κ3) is 3.83. The number of nitrogens with zero attached hydrogens (tertiary/aromatic N) is 1. The van der Waals surface area contributed by atoms with Gasteiger partial charge < -0.3 is 10.6 Å². The van der Waals surface area contributed by atoms with Crippen LogP contribution in [0.1, 0.15) is 22.6 Å². The Balaban J connectivity index is 0.00000128. The Bertz CT molecular complexity index is 312. The maximum atomic E-state index is 11.6. The Labute approximate surface area is 105 Å². The van der Waals surface area contributed by atoms with Crippen molar-refractivity contribution < 1.29 is 4.79 Å². The molecule has 0 unspecified atom stereocenters. The van der Waals surface area contributed by atoms with Crippen molar-refractivity contribution in [2.24, 2.45) is 0 Å². The summed E-state index contributed by atoms with van der Waals surface area (Å²) >= 11 is 1.40. The maximum Gasteiger partial charge on any atom is 0.205 e.